The van der Waals surface area contributed by atoms with E-state index in [1.54, 1.807) is 0 Å². The minimum atomic E-state index is -1.21. The number of hydrogen-bond acceptors (Lipinski definition) is 6. The minimum absolute atomic E-state index is 0.0905. The van der Waals surface area contributed by atoms with Gasteiger partial charge in [-0.25, -0.2) is 0 Å². The molecule has 0 aromatic carbocycles. The largest absolute Gasteiger partial charge is 0.356 e. The smallest absolute Gasteiger partial charge is 0.227 e. The molecule has 0 aliphatic rings. The fraction of sp³-hybridized carbons (Fsp3) is 0.800. The Hall–Kier alpha value is 0.0500. The first-order valence-electron chi connectivity index (χ1n) is 3.23. The van der Waals surface area contributed by atoms with Crippen molar-refractivity contribution < 1.29 is 14.6 Å². The van der Waals surface area contributed by atoms with E-state index in [-0.39, 0.29) is 5.91 Å². The highest BCUT2D eigenvalue weighted by Crippen LogP contribution is 2.15. The van der Waals surface area contributed by atoms with Crippen molar-refractivity contribution in [2.75, 3.05) is 12.4 Å². The van der Waals surface area contributed by atoms with Crippen LogP contribution in [0.15, 0.2) is 0 Å². The van der Waals surface area contributed by atoms with Crippen LogP contribution in [0, 0.1) is 0 Å². The molecule has 1 atom stereocenters. The molecule has 0 aromatic rings. The summed E-state index contributed by atoms with van der Waals surface area (Å²) in [4.78, 5) is 10.3. The average Bonchev–Trinajstić information content (AvgIpc) is 1.95. The second kappa shape index (κ2) is 7.69. The first kappa shape index (κ1) is 12.0. The van der Waals surface area contributed by atoms with Gasteiger partial charge in [0.05, 0.1) is 6.61 Å². The highest BCUT2D eigenvalue weighted by molar-refractivity contribution is 8.76. The molecule has 0 saturated carbocycles. The predicted molar refractivity (Wildman–Crippen MR) is 50.0 cm³/mol. The highest BCUT2D eigenvalue weighted by atomic mass is 33.1. The van der Waals surface area contributed by atoms with Gasteiger partial charge >= 0.3 is 0 Å². The van der Waals surface area contributed by atoms with Crippen LogP contribution < -0.4 is 10.5 Å². The molecule has 72 valence electrons. The molecule has 0 fully saturated rings. The number of aliphatic hydroxyl groups excluding tert-OH is 1. The zero-order valence-corrected chi connectivity index (χ0v) is 8.28. The van der Waals surface area contributed by atoms with Crippen molar-refractivity contribution in [2.45, 2.75) is 13.3 Å². The topological polar surface area (TPSA) is 84.6 Å². The third kappa shape index (κ3) is 10.0. The van der Waals surface area contributed by atoms with Gasteiger partial charge in [0.2, 0.25) is 12.3 Å². The minimum Gasteiger partial charge on any atom is -0.356 e. The van der Waals surface area contributed by atoms with Crippen molar-refractivity contribution in [2.24, 2.45) is 5.73 Å². The van der Waals surface area contributed by atoms with Gasteiger partial charge in [-0.2, -0.15) is 0 Å². The molecule has 0 aromatic heterocycles. The monoisotopic (exact) mass is 212 g/mol. The van der Waals surface area contributed by atoms with E-state index in [9.17, 15) is 4.79 Å². The highest BCUT2D eigenvalue weighted by Gasteiger charge is 1.95. The van der Waals surface area contributed by atoms with Crippen LogP contribution in [0.4, 0.5) is 0 Å². The maximum absolute atomic E-state index is 10.3. The zero-order valence-electron chi connectivity index (χ0n) is 6.65. The first-order chi connectivity index (χ1) is 5.63. The number of amides is 1. The molecule has 5 nitrogen and oxygen atoms in total. The van der Waals surface area contributed by atoms with Crippen LogP contribution in [0.3, 0.4) is 0 Å². The second-order valence-electron chi connectivity index (χ2n) is 1.82. The van der Waals surface area contributed by atoms with Gasteiger partial charge in [-0.3, -0.25) is 15.3 Å². The van der Waals surface area contributed by atoms with Crippen LogP contribution in [0.2, 0.25) is 0 Å². The standard InChI is InChI=1S/C5H12N2O3S2/c1-4(8)7-12-11-3-2-10-5(6)9/h5,9H,2-3,6H2,1H3,(H,7,8). The third-order valence-corrected chi connectivity index (χ3v) is 2.63. The Morgan fingerprint density at radius 1 is 1.83 bits per heavy atom. The van der Waals surface area contributed by atoms with Crippen molar-refractivity contribution >= 4 is 27.7 Å². The average molecular weight is 212 g/mol. The van der Waals surface area contributed by atoms with Gasteiger partial charge in [-0.1, -0.05) is 10.8 Å². The molecule has 0 bridgehead atoms. The van der Waals surface area contributed by atoms with E-state index in [2.05, 4.69) is 9.46 Å². The van der Waals surface area contributed by atoms with Crippen molar-refractivity contribution in [3.8, 4) is 0 Å². The maximum atomic E-state index is 10.3. The van der Waals surface area contributed by atoms with Crippen molar-refractivity contribution in [3.63, 3.8) is 0 Å². The number of nitrogens with two attached hydrogens (primary N) is 1. The van der Waals surface area contributed by atoms with Gasteiger partial charge in [0, 0.05) is 23.7 Å². The number of carbonyl (C=O) groups excluding carboxylic acids is 1. The summed E-state index contributed by atoms with van der Waals surface area (Å²) in [6.45, 7) is 1.79. The van der Waals surface area contributed by atoms with Gasteiger partial charge in [0.15, 0.2) is 0 Å². The van der Waals surface area contributed by atoms with E-state index in [1.165, 1.54) is 28.7 Å². The summed E-state index contributed by atoms with van der Waals surface area (Å²) in [5, 5.41) is 8.47. The summed E-state index contributed by atoms with van der Waals surface area (Å²) < 4.78 is 7.16. The molecule has 7 heteroatoms. The summed E-state index contributed by atoms with van der Waals surface area (Å²) in [5.41, 5.74) is 4.90. The SMILES string of the molecule is CC(=O)NSSCCOC(N)O. The molecule has 0 heterocycles. The lowest BCUT2D eigenvalue weighted by Gasteiger charge is -2.05. The Bertz CT molecular complexity index is 134. The van der Waals surface area contributed by atoms with Crippen LogP contribution >= 0.6 is 21.8 Å². The quantitative estimate of drug-likeness (QED) is 0.242. The third-order valence-electron chi connectivity index (χ3n) is 0.700. The Morgan fingerprint density at radius 3 is 3.00 bits per heavy atom. The molecule has 0 aliphatic heterocycles. The number of ether oxygens (including phenoxy) is 1. The fourth-order valence-corrected chi connectivity index (χ4v) is 1.74. The normalized spacial score (nSPS) is 12.6. The summed E-state index contributed by atoms with van der Waals surface area (Å²) in [5.74, 6) is 0.562. The molecule has 0 aliphatic carbocycles. The van der Waals surface area contributed by atoms with Crippen LogP contribution in [0.25, 0.3) is 0 Å². The summed E-state index contributed by atoms with van der Waals surface area (Å²) in [7, 11) is 2.64. The lowest BCUT2D eigenvalue weighted by atomic mass is 10.8. The molecule has 0 spiro atoms. The van der Waals surface area contributed by atoms with Gasteiger partial charge < -0.3 is 9.84 Å². The number of aliphatic hydroxyl groups is 1. The van der Waals surface area contributed by atoms with Gasteiger partial charge in [0.25, 0.3) is 0 Å². The Balaban J connectivity index is 2.96. The molecular formula is C5H12N2O3S2. The van der Waals surface area contributed by atoms with Crippen molar-refractivity contribution in [1.82, 2.24) is 4.72 Å². The first-order valence-corrected chi connectivity index (χ1v) is 5.55. The van der Waals surface area contributed by atoms with E-state index in [0.29, 0.717) is 12.4 Å². The molecule has 1 unspecified atom stereocenters. The summed E-state index contributed by atoms with van der Waals surface area (Å²) in [6, 6.07) is 0. The van der Waals surface area contributed by atoms with E-state index < -0.39 is 6.41 Å². The van der Waals surface area contributed by atoms with Crippen molar-refractivity contribution in [3.05, 3.63) is 0 Å². The van der Waals surface area contributed by atoms with Crippen LogP contribution in [-0.2, 0) is 9.53 Å². The van der Waals surface area contributed by atoms with E-state index in [0.717, 1.165) is 0 Å². The lowest BCUT2D eigenvalue weighted by Crippen LogP contribution is -2.23. The number of hydrogen-bond donors (Lipinski definition) is 3. The summed E-state index contributed by atoms with van der Waals surface area (Å²) >= 11 is 0. The molecule has 4 N–H and O–H groups in total. The van der Waals surface area contributed by atoms with Crippen LogP contribution in [0.5, 0.6) is 0 Å². The van der Waals surface area contributed by atoms with Crippen molar-refractivity contribution in [1.29, 1.82) is 0 Å². The molecular weight excluding hydrogens is 200 g/mol. The second-order valence-corrected chi connectivity index (χ2v) is 4.05. The van der Waals surface area contributed by atoms with E-state index >= 15 is 0 Å². The Morgan fingerprint density at radius 2 is 2.50 bits per heavy atom. The van der Waals surface area contributed by atoms with Gasteiger partial charge in [-0.05, 0) is 0 Å². The molecule has 1 amide bonds. The lowest BCUT2D eigenvalue weighted by molar-refractivity contribution is -0.117. The number of rotatable bonds is 6. The van der Waals surface area contributed by atoms with E-state index in [1.807, 2.05) is 0 Å². The number of nitrogens with one attached hydrogen (secondary N) is 1. The van der Waals surface area contributed by atoms with E-state index in [4.69, 9.17) is 10.8 Å². The molecule has 0 rings (SSSR count). The number of carbonyl (C=O) groups is 1. The zero-order chi connectivity index (χ0) is 9.40. The Kier molecular flexibility index (Phi) is 7.72. The van der Waals surface area contributed by atoms with Gasteiger partial charge in [0.1, 0.15) is 0 Å². The van der Waals surface area contributed by atoms with Crippen LogP contribution in [-0.4, -0.2) is 29.8 Å². The predicted octanol–water partition coefficient (Wildman–Crippen LogP) is -0.330. The molecule has 0 saturated heterocycles. The van der Waals surface area contributed by atoms with Gasteiger partial charge in [-0.15, -0.1) is 0 Å². The fourth-order valence-electron chi connectivity index (χ4n) is 0.333. The summed E-state index contributed by atoms with van der Waals surface area (Å²) in [6.07, 6.45) is -1.21. The van der Waals surface area contributed by atoms with Crippen LogP contribution in [0.1, 0.15) is 6.92 Å². The maximum Gasteiger partial charge on any atom is 0.227 e. The molecule has 0 radical (unpaired) electrons. The molecule has 12 heavy (non-hydrogen) atoms. The Labute approximate surface area is 78.9 Å².